The molecule has 6 heteroatoms. The average Bonchev–Trinajstić information content (AvgIpc) is 3.26. The number of carbonyl (C=O) groups excluding carboxylic acids is 1. The zero-order valence-electron chi connectivity index (χ0n) is 15.6. The summed E-state index contributed by atoms with van der Waals surface area (Å²) in [5, 5.41) is 11.1. The van der Waals surface area contributed by atoms with Crippen molar-refractivity contribution < 1.29 is 4.79 Å². The quantitative estimate of drug-likeness (QED) is 0.551. The third kappa shape index (κ3) is 2.93. The van der Waals surface area contributed by atoms with E-state index < -0.39 is 0 Å². The van der Waals surface area contributed by atoms with Gasteiger partial charge >= 0.3 is 0 Å². The van der Waals surface area contributed by atoms with Crippen LogP contribution in [0.5, 0.6) is 0 Å². The first-order valence-electron chi connectivity index (χ1n) is 9.92. The Morgan fingerprint density at radius 2 is 1.96 bits per heavy atom. The Kier molecular flexibility index (Phi) is 4.09. The molecule has 6 nitrogen and oxygen atoms in total. The second-order valence-corrected chi connectivity index (χ2v) is 7.78. The Bertz CT molecular complexity index is 1100. The van der Waals surface area contributed by atoms with Crippen LogP contribution in [-0.4, -0.2) is 20.4 Å². The number of carbonyl (C=O) groups is 1. The molecule has 0 saturated heterocycles. The molecule has 0 aliphatic heterocycles. The number of fused-ring (bicyclic) bond motifs is 1. The van der Waals surface area contributed by atoms with Gasteiger partial charge in [0.2, 0.25) is 0 Å². The molecule has 0 bridgehead atoms. The van der Waals surface area contributed by atoms with Crippen LogP contribution in [0.15, 0.2) is 36.7 Å². The van der Waals surface area contributed by atoms with Gasteiger partial charge in [-0.25, -0.2) is 4.98 Å². The predicted octanol–water partition coefficient (Wildman–Crippen LogP) is 4.17. The minimum atomic E-state index is -0.330. The summed E-state index contributed by atoms with van der Waals surface area (Å²) in [5.41, 5.74) is 5.39. The highest BCUT2D eigenvalue weighted by molar-refractivity contribution is 5.97. The van der Waals surface area contributed by atoms with E-state index in [1.807, 2.05) is 30.6 Å². The molecule has 2 aliphatic carbocycles. The Hall–Kier alpha value is -3.20. The number of hydrogen-bond acceptors (Lipinski definition) is 4. The normalized spacial score (nSPS) is 17.0. The number of aromatic nitrogens is 3. The molecular formula is C22H21N5O. The van der Waals surface area contributed by atoms with Crippen molar-refractivity contribution in [1.82, 2.24) is 19.9 Å². The summed E-state index contributed by atoms with van der Waals surface area (Å²) in [7, 11) is 0. The van der Waals surface area contributed by atoms with Gasteiger partial charge in [0.1, 0.15) is 5.52 Å². The highest BCUT2D eigenvalue weighted by atomic mass is 16.1. The molecule has 28 heavy (non-hydrogen) atoms. The molecule has 1 aromatic carbocycles. The summed E-state index contributed by atoms with van der Waals surface area (Å²) in [4.78, 5) is 21.8. The molecule has 140 valence electrons. The molecule has 1 amide bonds. The van der Waals surface area contributed by atoms with Crippen LogP contribution in [0.25, 0.3) is 16.9 Å². The van der Waals surface area contributed by atoms with Crippen molar-refractivity contribution in [3.05, 3.63) is 53.5 Å². The van der Waals surface area contributed by atoms with Gasteiger partial charge in [0.25, 0.3) is 5.91 Å². The van der Waals surface area contributed by atoms with Gasteiger partial charge in [-0.05, 0) is 61.4 Å². The standard InChI is InChI=1S/C22H21N5O/c23-13-25-22(28)17-8-7-16(11-18(17)14-3-1-2-4-14)27-10-9-19-21(27)26-20(12-24-19)15-5-6-15/h7-12,14-15H,1-6H2,(H,25,28). The summed E-state index contributed by atoms with van der Waals surface area (Å²) in [6.45, 7) is 0. The van der Waals surface area contributed by atoms with Crippen LogP contribution in [0.1, 0.15) is 72.0 Å². The van der Waals surface area contributed by atoms with E-state index in [0.29, 0.717) is 17.4 Å². The lowest BCUT2D eigenvalue weighted by molar-refractivity contribution is 0.0971. The molecule has 0 radical (unpaired) electrons. The molecule has 2 aliphatic rings. The van der Waals surface area contributed by atoms with E-state index in [1.54, 1.807) is 6.19 Å². The molecule has 0 unspecified atom stereocenters. The average molecular weight is 371 g/mol. The van der Waals surface area contributed by atoms with Gasteiger partial charge in [-0.2, -0.15) is 5.26 Å². The van der Waals surface area contributed by atoms with Gasteiger partial charge in [-0.15, -0.1) is 0 Å². The maximum Gasteiger partial charge on any atom is 0.264 e. The number of nitriles is 1. The number of rotatable bonds is 4. The van der Waals surface area contributed by atoms with E-state index >= 15 is 0 Å². The first kappa shape index (κ1) is 16.9. The van der Waals surface area contributed by atoms with E-state index in [1.165, 1.54) is 25.7 Å². The maximum absolute atomic E-state index is 12.4. The zero-order valence-corrected chi connectivity index (χ0v) is 15.6. The van der Waals surface area contributed by atoms with Gasteiger partial charge in [0.15, 0.2) is 11.8 Å². The lowest BCUT2D eigenvalue weighted by atomic mass is 9.92. The van der Waals surface area contributed by atoms with Gasteiger partial charge in [-0.1, -0.05) is 12.8 Å². The molecule has 5 rings (SSSR count). The van der Waals surface area contributed by atoms with Crippen molar-refractivity contribution in [2.75, 3.05) is 0 Å². The van der Waals surface area contributed by atoms with Crippen molar-refractivity contribution in [1.29, 1.82) is 5.26 Å². The smallest absolute Gasteiger partial charge is 0.264 e. The van der Waals surface area contributed by atoms with Crippen LogP contribution in [0.4, 0.5) is 0 Å². The SMILES string of the molecule is N#CNC(=O)c1ccc(-n2ccc3ncc(C4CC4)nc32)cc1C1CCCC1. The van der Waals surface area contributed by atoms with E-state index in [4.69, 9.17) is 10.2 Å². The molecule has 2 fully saturated rings. The van der Waals surface area contributed by atoms with E-state index in [2.05, 4.69) is 20.9 Å². The van der Waals surface area contributed by atoms with Crippen molar-refractivity contribution in [2.24, 2.45) is 0 Å². The highest BCUT2D eigenvalue weighted by Crippen LogP contribution is 2.39. The van der Waals surface area contributed by atoms with Crippen molar-refractivity contribution in [3.63, 3.8) is 0 Å². The number of benzene rings is 1. The largest absolute Gasteiger partial charge is 0.300 e. The van der Waals surface area contributed by atoms with Gasteiger partial charge in [-0.3, -0.25) is 19.7 Å². The van der Waals surface area contributed by atoms with Crippen LogP contribution in [0.2, 0.25) is 0 Å². The highest BCUT2D eigenvalue weighted by Gasteiger charge is 2.26. The van der Waals surface area contributed by atoms with Gasteiger partial charge in [0, 0.05) is 29.6 Å². The molecule has 0 spiro atoms. The monoisotopic (exact) mass is 371 g/mol. The molecule has 2 saturated carbocycles. The number of nitrogens with zero attached hydrogens (tertiary/aromatic N) is 4. The first-order chi connectivity index (χ1) is 13.7. The fourth-order valence-electron chi connectivity index (χ4n) is 4.30. The Balaban J connectivity index is 1.61. The lowest BCUT2D eigenvalue weighted by Crippen LogP contribution is -2.20. The number of hydrogen-bond donors (Lipinski definition) is 1. The van der Waals surface area contributed by atoms with E-state index in [-0.39, 0.29) is 5.91 Å². The van der Waals surface area contributed by atoms with E-state index in [0.717, 1.165) is 41.0 Å². The van der Waals surface area contributed by atoms with Crippen LogP contribution >= 0.6 is 0 Å². The summed E-state index contributed by atoms with van der Waals surface area (Å²) in [5.74, 6) is 0.574. The fourth-order valence-corrected chi connectivity index (χ4v) is 4.30. The Morgan fingerprint density at radius 3 is 2.71 bits per heavy atom. The third-order valence-corrected chi connectivity index (χ3v) is 5.93. The van der Waals surface area contributed by atoms with Gasteiger partial charge < -0.3 is 0 Å². The zero-order chi connectivity index (χ0) is 19.1. The Labute approximate surface area is 163 Å². The molecule has 0 atom stereocenters. The van der Waals surface area contributed by atoms with Crippen LogP contribution in [0, 0.1) is 11.5 Å². The van der Waals surface area contributed by atoms with Crippen LogP contribution in [-0.2, 0) is 0 Å². The summed E-state index contributed by atoms with van der Waals surface area (Å²) in [6, 6.07) is 7.83. The summed E-state index contributed by atoms with van der Waals surface area (Å²) < 4.78 is 2.05. The van der Waals surface area contributed by atoms with Crippen LogP contribution in [0.3, 0.4) is 0 Å². The lowest BCUT2D eigenvalue weighted by Gasteiger charge is -2.16. The molecular weight excluding hydrogens is 350 g/mol. The molecule has 1 N–H and O–H groups in total. The maximum atomic E-state index is 12.4. The van der Waals surface area contributed by atoms with E-state index in [9.17, 15) is 4.79 Å². The number of amides is 1. The number of nitrogens with one attached hydrogen (secondary N) is 1. The van der Waals surface area contributed by atoms with Crippen LogP contribution < -0.4 is 5.32 Å². The molecule has 2 aromatic heterocycles. The van der Waals surface area contributed by atoms with Crippen molar-refractivity contribution in [3.8, 4) is 11.9 Å². The van der Waals surface area contributed by atoms with Crippen molar-refractivity contribution in [2.45, 2.75) is 50.4 Å². The second-order valence-electron chi connectivity index (χ2n) is 7.78. The summed E-state index contributed by atoms with van der Waals surface area (Å²) >= 11 is 0. The Morgan fingerprint density at radius 1 is 1.14 bits per heavy atom. The predicted molar refractivity (Wildman–Crippen MR) is 105 cm³/mol. The third-order valence-electron chi connectivity index (χ3n) is 5.93. The van der Waals surface area contributed by atoms with Crippen molar-refractivity contribution >= 4 is 17.1 Å². The fraction of sp³-hybridized carbons (Fsp3) is 0.364. The minimum Gasteiger partial charge on any atom is -0.300 e. The first-order valence-corrected chi connectivity index (χ1v) is 9.92. The minimum absolute atomic E-state index is 0.330. The summed E-state index contributed by atoms with van der Waals surface area (Å²) in [6.07, 6.45) is 12.5. The molecule has 3 aromatic rings. The molecule has 2 heterocycles. The topological polar surface area (TPSA) is 83.6 Å². The second kappa shape index (κ2) is 6.75. The van der Waals surface area contributed by atoms with Gasteiger partial charge in [0.05, 0.1) is 5.69 Å².